The van der Waals surface area contributed by atoms with Crippen LogP contribution in [0.5, 0.6) is 0 Å². The lowest BCUT2D eigenvalue weighted by atomic mass is 9.73. The van der Waals surface area contributed by atoms with Crippen molar-refractivity contribution in [1.82, 2.24) is 19.9 Å². The zero-order chi connectivity index (χ0) is 60.8. The van der Waals surface area contributed by atoms with Crippen LogP contribution < -0.4 is 0 Å². The second-order valence-electron chi connectivity index (χ2n) is 24.5. The Morgan fingerprint density at radius 3 is 1.99 bits per heavy atom. The van der Waals surface area contributed by atoms with Gasteiger partial charge in [0.05, 0.1) is 59.3 Å². The van der Waals surface area contributed by atoms with Gasteiger partial charge >= 0.3 is 24.0 Å². The average Bonchev–Trinajstić information content (AvgIpc) is 2.32. The molecule has 19 nitrogen and oxygen atoms in total. The maximum Gasteiger partial charge on any atom is 0.410 e. The van der Waals surface area contributed by atoms with Gasteiger partial charge in [0.1, 0.15) is 23.2 Å². The number of carbonyl (C=O) groups is 5. The molecular weight excluding hydrogens is 1080 g/mol. The summed E-state index contributed by atoms with van der Waals surface area (Å²) in [5.41, 5.74) is -0.448. The van der Waals surface area contributed by atoms with E-state index in [1.54, 1.807) is 86.0 Å². The maximum atomic E-state index is 15.4. The molecule has 4 fully saturated rings. The number of unbranched alkanes of at least 4 members (excludes halogenated alkanes) is 1. The minimum absolute atomic E-state index is 0.0523. The van der Waals surface area contributed by atoms with Crippen LogP contribution in [0.4, 0.5) is 4.79 Å². The Bertz CT molecular complexity index is 2890. The molecule has 0 unspecified atom stereocenters. The van der Waals surface area contributed by atoms with Gasteiger partial charge in [0.25, 0.3) is 0 Å². The third kappa shape index (κ3) is 13.9. The number of carbonyl (C=O) groups excluding carboxylic acids is 5. The highest BCUT2D eigenvalue weighted by Crippen LogP contribution is 2.46. The summed E-state index contributed by atoms with van der Waals surface area (Å²) < 4.78 is 67.8. The van der Waals surface area contributed by atoms with Crippen molar-refractivity contribution in [3.63, 3.8) is 0 Å². The van der Waals surface area contributed by atoms with E-state index in [4.69, 9.17) is 47.4 Å². The van der Waals surface area contributed by atoms with Gasteiger partial charge in [0.15, 0.2) is 30.4 Å². The first-order chi connectivity index (χ1) is 39.9. The van der Waals surface area contributed by atoms with Crippen LogP contribution in [-0.4, -0.2) is 149 Å². The lowest BCUT2D eigenvalue weighted by Gasteiger charge is -2.50. The minimum atomic E-state index is -1.49. The number of benzene rings is 3. The second-order valence-corrected chi connectivity index (χ2v) is 24.5. The Kier molecular flexibility index (Phi) is 20.6. The molecule has 0 saturated carbocycles. The van der Waals surface area contributed by atoms with E-state index >= 15 is 9.59 Å². The van der Waals surface area contributed by atoms with Gasteiger partial charge in [-0.25, -0.2) is 14.4 Å². The average molecular weight is 1170 g/mol. The van der Waals surface area contributed by atoms with E-state index in [1.807, 2.05) is 98.8 Å². The molecule has 458 valence electrons. The summed E-state index contributed by atoms with van der Waals surface area (Å²) in [5.74, 6) is -5.64. The van der Waals surface area contributed by atoms with E-state index in [9.17, 15) is 14.4 Å². The number of fused-ring (bicyclic) bond motifs is 1. The molecule has 84 heavy (non-hydrogen) atoms. The third-order valence-corrected chi connectivity index (χ3v) is 18.1. The second kappa shape index (κ2) is 27.1. The summed E-state index contributed by atoms with van der Waals surface area (Å²) in [7, 11) is 3.08. The fourth-order valence-corrected chi connectivity index (χ4v) is 13.4. The SMILES string of the molecule is CC[C@H]1OC(=O)[C@H](C)[C@@H](O[C@H]2C[C@@](C)(OC)[C@@H](OC(=O)c3ccccc3)[C@H](C)O2)[C@H](C)[C@@H](O[C@@H]2O[C@H](C)C[C@H](C)[C@H]2OC(=O)c2ccccc2)[C@@](C)(OC)C[C@@H](C)C(=O)[C@H](C)[C@@H]2N(CCCCn3cc(-c4cccc(C)c4)nn3)C(=O)O[C@@]21C. The Morgan fingerprint density at radius 2 is 1.36 bits per heavy atom. The lowest BCUT2D eigenvalue weighted by molar-refractivity contribution is -0.318. The number of ketones is 1. The van der Waals surface area contributed by atoms with E-state index in [-0.39, 0.29) is 43.6 Å². The third-order valence-electron chi connectivity index (χ3n) is 18.1. The molecule has 3 aromatic carbocycles. The number of Topliss-reactive ketones (excluding diaryl/α,β-unsaturated/α-hetero) is 1. The van der Waals surface area contributed by atoms with Gasteiger partial charge in [0.2, 0.25) is 0 Å². The van der Waals surface area contributed by atoms with E-state index in [0.29, 0.717) is 36.9 Å². The first-order valence-corrected chi connectivity index (χ1v) is 29.9. The number of methoxy groups -OCH3 is 2. The summed E-state index contributed by atoms with van der Waals surface area (Å²) in [5, 5.41) is 8.77. The Labute approximate surface area is 494 Å². The number of esters is 3. The van der Waals surface area contributed by atoms with Gasteiger partial charge in [-0.2, -0.15) is 0 Å². The number of aromatic nitrogens is 3. The number of hydrogen-bond acceptors (Lipinski definition) is 17. The van der Waals surface area contributed by atoms with E-state index in [0.717, 1.165) is 16.8 Å². The quantitative estimate of drug-likeness (QED) is 0.0546. The molecule has 1 amide bonds. The number of rotatable bonds is 17. The molecule has 4 aliphatic rings. The van der Waals surface area contributed by atoms with E-state index in [2.05, 4.69) is 16.4 Å². The maximum absolute atomic E-state index is 15.4. The van der Waals surface area contributed by atoms with Gasteiger partial charge in [-0.1, -0.05) is 100.0 Å². The monoisotopic (exact) mass is 1160 g/mol. The molecule has 8 rings (SSSR count). The first kappa shape index (κ1) is 63.9. The summed E-state index contributed by atoms with van der Waals surface area (Å²) in [6.45, 7) is 23.0. The van der Waals surface area contributed by atoms with Gasteiger partial charge in [-0.3, -0.25) is 14.3 Å². The Balaban J connectivity index is 1.14. The van der Waals surface area contributed by atoms with Crippen LogP contribution >= 0.6 is 0 Å². The molecule has 0 aliphatic carbocycles. The predicted molar refractivity (Wildman–Crippen MR) is 310 cm³/mol. The number of hydrogen-bond donors (Lipinski definition) is 0. The summed E-state index contributed by atoms with van der Waals surface area (Å²) >= 11 is 0. The van der Waals surface area contributed by atoms with Crippen LogP contribution in [0.15, 0.2) is 91.1 Å². The van der Waals surface area contributed by atoms with Gasteiger partial charge in [-0.15, -0.1) is 5.10 Å². The fraction of sp³-hybridized carbons (Fsp3) is 0.615. The summed E-state index contributed by atoms with van der Waals surface area (Å²) in [6.07, 6.45) is -4.95. The largest absolute Gasteiger partial charge is 0.458 e. The van der Waals surface area contributed by atoms with Crippen LogP contribution in [0, 0.1) is 36.5 Å². The highest BCUT2D eigenvalue weighted by molar-refractivity contribution is 5.90. The van der Waals surface area contributed by atoms with Crippen LogP contribution in [0.2, 0.25) is 0 Å². The molecule has 19 heteroatoms. The van der Waals surface area contributed by atoms with E-state index in [1.165, 1.54) is 7.11 Å². The number of amides is 1. The number of ether oxygens (including phenoxy) is 10. The molecule has 0 spiro atoms. The molecular formula is C65H88N4O15. The molecule has 1 aromatic heterocycles. The molecule has 4 aromatic rings. The molecule has 18 atom stereocenters. The number of cyclic esters (lactones) is 1. The molecule has 0 N–H and O–H groups in total. The highest BCUT2D eigenvalue weighted by atomic mass is 16.7. The zero-order valence-electron chi connectivity index (χ0n) is 51.4. The van der Waals surface area contributed by atoms with Crippen molar-refractivity contribution in [2.45, 2.75) is 206 Å². The molecule has 5 heterocycles. The van der Waals surface area contributed by atoms with Crippen molar-refractivity contribution >= 4 is 29.8 Å². The van der Waals surface area contributed by atoms with Gasteiger partial charge in [0, 0.05) is 63.0 Å². The van der Waals surface area contributed by atoms with Gasteiger partial charge < -0.3 is 52.3 Å². The van der Waals surface area contributed by atoms with Crippen molar-refractivity contribution in [3.05, 3.63) is 108 Å². The van der Waals surface area contributed by atoms with Crippen LogP contribution in [0.25, 0.3) is 11.3 Å². The minimum Gasteiger partial charge on any atom is -0.458 e. The van der Waals surface area contributed by atoms with Crippen molar-refractivity contribution in [2.24, 2.45) is 29.6 Å². The van der Waals surface area contributed by atoms with Crippen LogP contribution in [0.3, 0.4) is 0 Å². The standard InChI is InChI=1S/C65H88N4O15/c1-15-50-65(12)55(69(62(74)84-65)32-23-22-31-68-37-49(66-67-68)48-30-24-25-38(2)33-48)42(6)52(70)40(4)35-63(10,75-13)56(83-61-53(39(3)34-41(5)77-61)81-59(72)46-26-18-16-19-27-46)43(7)54(44(8)58(71)79-50)80-51-36-64(11,76-14)57(45(9)78-51)82-60(73)47-28-20-17-21-29-47/h16-21,24-30,33,37,39-45,50-51,53-57,61H,15,22-23,31-32,34-36H2,1-14H3/t39-,40+,41+,42-,43-,44+,45-,50+,51-,53+,54-,55-,56+,57-,61-,63-,64+,65+/m0/s1. The molecule has 0 bridgehead atoms. The Hall–Kier alpha value is -6.09. The zero-order valence-corrected chi connectivity index (χ0v) is 51.4. The molecule has 4 saturated heterocycles. The number of aryl methyl sites for hydroxylation is 2. The van der Waals surface area contributed by atoms with Crippen molar-refractivity contribution < 1.29 is 71.3 Å². The van der Waals surface area contributed by atoms with Crippen molar-refractivity contribution in [3.8, 4) is 11.3 Å². The lowest BCUT2D eigenvalue weighted by Crippen LogP contribution is -2.61. The normalized spacial score (nSPS) is 35.1. The summed E-state index contributed by atoms with van der Waals surface area (Å²) in [4.78, 5) is 74.3. The first-order valence-electron chi connectivity index (χ1n) is 29.9. The van der Waals surface area contributed by atoms with Gasteiger partial charge in [-0.05, 0) is 111 Å². The topological polar surface area (TPSA) is 212 Å². The fourth-order valence-electron chi connectivity index (χ4n) is 13.4. The van der Waals surface area contributed by atoms with E-state index < -0.39 is 120 Å². The predicted octanol–water partition coefficient (Wildman–Crippen LogP) is 10.4. The van der Waals surface area contributed by atoms with Crippen LogP contribution in [0.1, 0.15) is 141 Å². The smallest absolute Gasteiger partial charge is 0.410 e. The molecule has 0 radical (unpaired) electrons. The summed E-state index contributed by atoms with van der Waals surface area (Å²) in [6, 6.07) is 24.5. The van der Waals surface area contributed by atoms with Crippen molar-refractivity contribution in [2.75, 3.05) is 20.8 Å². The number of nitrogens with zero attached hydrogens (tertiary/aromatic N) is 4. The Morgan fingerprint density at radius 1 is 0.726 bits per heavy atom. The van der Waals surface area contributed by atoms with Crippen LogP contribution in [-0.2, 0) is 63.5 Å². The van der Waals surface area contributed by atoms with Crippen molar-refractivity contribution in [1.29, 1.82) is 0 Å². The highest BCUT2D eigenvalue weighted by Gasteiger charge is 2.61. The molecule has 4 aliphatic heterocycles.